The van der Waals surface area contributed by atoms with E-state index in [9.17, 15) is 14.0 Å². The van der Waals surface area contributed by atoms with Crippen LogP contribution in [0.3, 0.4) is 0 Å². The van der Waals surface area contributed by atoms with E-state index in [4.69, 9.17) is 36.3 Å². The summed E-state index contributed by atoms with van der Waals surface area (Å²) >= 11 is 7.57. The lowest BCUT2D eigenvalue weighted by Crippen LogP contribution is -2.55. The molecule has 0 aromatic heterocycles. The Morgan fingerprint density at radius 2 is 1.91 bits per heavy atom. The van der Waals surface area contributed by atoms with Gasteiger partial charge in [-0.15, -0.1) is 23.4 Å². The van der Waals surface area contributed by atoms with Gasteiger partial charge in [-0.05, 0) is 12.5 Å². The Bertz CT molecular complexity index is 796. The number of carbonyl (C=O) groups excluding carboxylic acids is 2. The molecule has 0 bridgehead atoms. The molecule has 0 aliphatic carbocycles. The minimum atomic E-state index is -0.577. The highest BCUT2D eigenvalue weighted by Crippen LogP contribution is 2.26. The number of amides is 3. The maximum Gasteiger partial charge on any atom is 0.315 e. The molecule has 1 fully saturated rings. The van der Waals surface area contributed by atoms with Gasteiger partial charge < -0.3 is 40.6 Å². The first-order valence-corrected chi connectivity index (χ1v) is 12.7. The van der Waals surface area contributed by atoms with E-state index in [1.54, 1.807) is 12.1 Å². The van der Waals surface area contributed by atoms with E-state index in [0.717, 1.165) is 0 Å². The van der Waals surface area contributed by atoms with Crippen LogP contribution in [0, 0.1) is 5.82 Å². The van der Waals surface area contributed by atoms with Gasteiger partial charge in [0.25, 0.3) is 0 Å². The highest BCUT2D eigenvalue weighted by molar-refractivity contribution is 8.01. The Hall–Kier alpha value is -1.83. The molecule has 2 rings (SSSR count). The number of hydrogen-bond donors (Lipinski definition) is 4. The molecule has 1 aromatic rings. The number of benzene rings is 1. The lowest BCUT2D eigenvalue weighted by Gasteiger charge is -2.31. The second kappa shape index (κ2) is 16.8. The average Bonchev–Trinajstić information content (AvgIpc) is 2.85. The van der Waals surface area contributed by atoms with Crippen LogP contribution in [0.5, 0.6) is 5.75 Å². The van der Waals surface area contributed by atoms with Crippen LogP contribution in [0.2, 0.25) is 0 Å². The standard InChI is InChI=1S/C22H34ClFN4O6S/c1-31-16-3-2-15(18(24)12-16)13-26-20(29)19(35-21-17(23)14-27-22(30)28-21)4-6-32-8-10-34-11-9-33-7-5-25/h2-3,12,17,19,21H,4-11,13-14,25H2,1H3,(H,26,29)(H2,27,28,30)/t17?,19-,21?/m0/s1. The van der Waals surface area contributed by atoms with Gasteiger partial charge >= 0.3 is 6.03 Å². The smallest absolute Gasteiger partial charge is 0.315 e. The molecule has 2 unspecified atom stereocenters. The van der Waals surface area contributed by atoms with Crippen LogP contribution < -0.4 is 26.4 Å². The fourth-order valence-electron chi connectivity index (χ4n) is 3.04. The molecule has 10 nitrogen and oxygen atoms in total. The first-order chi connectivity index (χ1) is 16.9. The number of halogens is 2. The van der Waals surface area contributed by atoms with Gasteiger partial charge in [0.2, 0.25) is 5.91 Å². The van der Waals surface area contributed by atoms with Crippen molar-refractivity contribution in [2.45, 2.75) is 29.0 Å². The number of carbonyl (C=O) groups is 2. The minimum absolute atomic E-state index is 0.00945. The van der Waals surface area contributed by atoms with Gasteiger partial charge in [-0.1, -0.05) is 6.07 Å². The summed E-state index contributed by atoms with van der Waals surface area (Å²) < 4.78 is 35.5. The zero-order valence-electron chi connectivity index (χ0n) is 19.7. The summed E-state index contributed by atoms with van der Waals surface area (Å²) in [7, 11) is 1.45. The predicted molar refractivity (Wildman–Crippen MR) is 132 cm³/mol. The third-order valence-electron chi connectivity index (χ3n) is 4.91. The summed E-state index contributed by atoms with van der Waals surface area (Å²) in [5.41, 5.74) is 5.67. The SMILES string of the molecule is COc1ccc(CNC(=O)[C@H](CCOCCOCCOCCN)SC2NC(=O)NCC2Cl)c(F)c1. The number of nitrogens with one attached hydrogen (secondary N) is 3. The zero-order chi connectivity index (χ0) is 25.5. The number of hydrogen-bond acceptors (Lipinski definition) is 8. The minimum Gasteiger partial charge on any atom is -0.497 e. The molecule has 0 spiro atoms. The van der Waals surface area contributed by atoms with Gasteiger partial charge in [0.05, 0.1) is 56.1 Å². The van der Waals surface area contributed by atoms with E-state index in [1.165, 1.54) is 24.9 Å². The third-order valence-corrected chi connectivity index (χ3v) is 6.98. The lowest BCUT2D eigenvalue weighted by atomic mass is 10.2. The van der Waals surface area contributed by atoms with Gasteiger partial charge in [0, 0.05) is 37.9 Å². The van der Waals surface area contributed by atoms with E-state index in [-0.39, 0.29) is 18.5 Å². The summed E-state index contributed by atoms with van der Waals surface area (Å²) in [4.78, 5) is 24.7. The third kappa shape index (κ3) is 11.2. The van der Waals surface area contributed by atoms with Crippen LogP contribution >= 0.6 is 23.4 Å². The molecular weight excluding hydrogens is 503 g/mol. The summed E-state index contributed by atoms with van der Waals surface area (Å²) in [6, 6.07) is 4.10. The molecule has 0 saturated carbocycles. The van der Waals surface area contributed by atoms with Gasteiger partial charge in [0.1, 0.15) is 11.6 Å². The normalized spacial score (nSPS) is 18.5. The molecule has 35 heavy (non-hydrogen) atoms. The molecule has 1 saturated heterocycles. The Morgan fingerprint density at radius 1 is 1.23 bits per heavy atom. The molecule has 1 aromatic carbocycles. The Balaban J connectivity index is 1.83. The first kappa shape index (κ1) is 29.4. The number of nitrogens with two attached hydrogens (primary N) is 1. The summed E-state index contributed by atoms with van der Waals surface area (Å²) in [5.74, 6) is -0.388. The number of rotatable bonds is 17. The van der Waals surface area contributed by atoms with Crippen LogP contribution in [0.25, 0.3) is 0 Å². The average molecular weight is 537 g/mol. The largest absolute Gasteiger partial charge is 0.497 e. The molecule has 1 aliphatic rings. The quantitative estimate of drug-likeness (QED) is 0.172. The molecule has 3 atom stereocenters. The van der Waals surface area contributed by atoms with Crippen LogP contribution in [0.1, 0.15) is 12.0 Å². The topological polar surface area (TPSA) is 133 Å². The summed E-state index contributed by atoms with van der Waals surface area (Å²) in [5, 5.41) is 6.67. The van der Waals surface area contributed by atoms with Crippen LogP contribution in [-0.4, -0.2) is 87.8 Å². The van der Waals surface area contributed by atoms with Crippen LogP contribution in [-0.2, 0) is 25.5 Å². The van der Waals surface area contributed by atoms with Crippen molar-refractivity contribution in [3.05, 3.63) is 29.6 Å². The molecule has 198 valence electrons. The number of thioether (sulfide) groups is 1. The maximum atomic E-state index is 14.2. The molecular formula is C22H34ClFN4O6S. The van der Waals surface area contributed by atoms with Crippen molar-refractivity contribution in [3.8, 4) is 5.75 Å². The lowest BCUT2D eigenvalue weighted by molar-refractivity contribution is -0.121. The summed E-state index contributed by atoms with van der Waals surface area (Å²) in [6.07, 6.45) is 0.366. The second-order valence-electron chi connectivity index (χ2n) is 7.51. The molecule has 5 N–H and O–H groups in total. The fraction of sp³-hybridized carbons (Fsp3) is 0.636. The number of urea groups is 1. The number of ether oxygens (including phenoxy) is 4. The van der Waals surface area contributed by atoms with Crippen LogP contribution in [0.4, 0.5) is 9.18 Å². The van der Waals surface area contributed by atoms with E-state index in [2.05, 4.69) is 16.0 Å². The van der Waals surface area contributed by atoms with Crippen molar-refractivity contribution in [2.75, 3.05) is 59.8 Å². The van der Waals surface area contributed by atoms with E-state index < -0.39 is 21.8 Å². The van der Waals surface area contributed by atoms with Crippen molar-refractivity contribution in [1.82, 2.24) is 16.0 Å². The van der Waals surface area contributed by atoms with E-state index in [0.29, 0.717) is 70.5 Å². The first-order valence-electron chi connectivity index (χ1n) is 11.3. The molecule has 3 amide bonds. The molecule has 1 heterocycles. The Morgan fingerprint density at radius 3 is 2.57 bits per heavy atom. The van der Waals surface area contributed by atoms with Crippen LogP contribution in [0.15, 0.2) is 18.2 Å². The van der Waals surface area contributed by atoms with E-state index in [1.807, 2.05) is 0 Å². The Kier molecular flexibility index (Phi) is 14.1. The number of alkyl halides is 1. The monoisotopic (exact) mass is 536 g/mol. The van der Waals surface area contributed by atoms with Crippen molar-refractivity contribution >= 4 is 35.3 Å². The highest BCUT2D eigenvalue weighted by Gasteiger charge is 2.32. The predicted octanol–water partition coefficient (Wildman–Crippen LogP) is 1.20. The van der Waals surface area contributed by atoms with Gasteiger partial charge in [-0.3, -0.25) is 4.79 Å². The molecule has 1 aliphatic heterocycles. The summed E-state index contributed by atoms with van der Waals surface area (Å²) in [6.45, 7) is 3.21. The zero-order valence-corrected chi connectivity index (χ0v) is 21.3. The number of methoxy groups -OCH3 is 1. The second-order valence-corrected chi connectivity index (χ2v) is 9.41. The van der Waals surface area contributed by atoms with Crippen molar-refractivity contribution in [3.63, 3.8) is 0 Å². The van der Waals surface area contributed by atoms with Gasteiger partial charge in [0.15, 0.2) is 0 Å². The highest BCUT2D eigenvalue weighted by atomic mass is 35.5. The van der Waals surface area contributed by atoms with E-state index >= 15 is 0 Å². The van der Waals surface area contributed by atoms with Gasteiger partial charge in [-0.2, -0.15) is 0 Å². The van der Waals surface area contributed by atoms with Crippen molar-refractivity contribution in [1.29, 1.82) is 0 Å². The maximum absolute atomic E-state index is 14.2. The Labute approximate surface area is 214 Å². The molecule has 0 radical (unpaired) electrons. The van der Waals surface area contributed by atoms with Crippen molar-refractivity contribution in [2.24, 2.45) is 5.73 Å². The molecule has 13 heteroatoms. The van der Waals surface area contributed by atoms with Crippen molar-refractivity contribution < 1.29 is 32.9 Å². The van der Waals surface area contributed by atoms with Gasteiger partial charge in [-0.25, -0.2) is 9.18 Å². The fourth-order valence-corrected chi connectivity index (χ4v) is 4.59.